The molecule has 2 heteroatoms. The number of hydrogen-bond acceptors (Lipinski definition) is 2. The second-order valence-corrected chi connectivity index (χ2v) is 5.38. The molecule has 0 aromatic heterocycles. The lowest BCUT2D eigenvalue weighted by Gasteiger charge is -2.11. The largest absolute Gasteiger partial charge is 0.495 e. The molecule has 0 aromatic carbocycles. The lowest BCUT2D eigenvalue weighted by Crippen LogP contribution is -2.10. The highest BCUT2D eigenvalue weighted by Gasteiger charge is 2.14. The molecular formula is C16H30O2. The van der Waals surface area contributed by atoms with Crippen LogP contribution in [0.15, 0.2) is 11.8 Å². The van der Waals surface area contributed by atoms with Gasteiger partial charge < -0.3 is 9.84 Å². The molecule has 1 atom stereocenters. The zero-order chi connectivity index (χ0) is 13.1. The zero-order valence-corrected chi connectivity index (χ0v) is 12.0. The summed E-state index contributed by atoms with van der Waals surface area (Å²) in [6.45, 7) is 3.01. The third-order valence-electron chi connectivity index (χ3n) is 3.64. The smallest absolute Gasteiger partial charge is 0.121 e. The van der Waals surface area contributed by atoms with E-state index >= 15 is 0 Å². The molecule has 0 saturated heterocycles. The molecule has 0 amide bonds. The molecule has 1 aliphatic heterocycles. The van der Waals surface area contributed by atoms with Crippen LogP contribution in [-0.2, 0) is 4.74 Å². The number of unbranched alkanes of at least 4 members (excludes halogenated alkanes) is 8. The maximum absolute atomic E-state index is 9.86. The van der Waals surface area contributed by atoms with Crippen molar-refractivity contribution in [1.82, 2.24) is 0 Å². The van der Waals surface area contributed by atoms with Gasteiger partial charge in [-0.2, -0.15) is 0 Å². The molecule has 0 spiro atoms. The first kappa shape index (κ1) is 15.6. The summed E-state index contributed by atoms with van der Waals surface area (Å²) in [5, 5.41) is 9.86. The van der Waals surface area contributed by atoms with Crippen molar-refractivity contribution in [3.8, 4) is 0 Å². The molecular weight excluding hydrogens is 224 g/mol. The van der Waals surface area contributed by atoms with Crippen molar-refractivity contribution in [2.45, 2.75) is 83.7 Å². The summed E-state index contributed by atoms with van der Waals surface area (Å²) in [6.07, 6.45) is 15.5. The summed E-state index contributed by atoms with van der Waals surface area (Å²) in [5.41, 5.74) is 0. The Balaban J connectivity index is 1.83. The van der Waals surface area contributed by atoms with Gasteiger partial charge in [-0.1, -0.05) is 64.7 Å². The molecule has 0 saturated carbocycles. The lowest BCUT2D eigenvalue weighted by atomic mass is 10.0. The van der Waals surface area contributed by atoms with Gasteiger partial charge in [-0.15, -0.1) is 0 Å². The normalized spacial score (nSPS) is 16.4. The van der Waals surface area contributed by atoms with Crippen molar-refractivity contribution in [2.75, 3.05) is 6.61 Å². The van der Waals surface area contributed by atoms with Crippen LogP contribution in [0.4, 0.5) is 0 Å². The van der Waals surface area contributed by atoms with Crippen LogP contribution in [-0.4, -0.2) is 17.8 Å². The van der Waals surface area contributed by atoms with Gasteiger partial charge in [-0.25, -0.2) is 0 Å². The highest BCUT2D eigenvalue weighted by Crippen LogP contribution is 2.18. The van der Waals surface area contributed by atoms with Crippen LogP contribution in [0.25, 0.3) is 0 Å². The van der Waals surface area contributed by atoms with Crippen molar-refractivity contribution in [3.05, 3.63) is 11.8 Å². The summed E-state index contributed by atoms with van der Waals surface area (Å²) in [7, 11) is 0. The van der Waals surface area contributed by atoms with E-state index in [9.17, 15) is 5.11 Å². The summed E-state index contributed by atoms with van der Waals surface area (Å²) >= 11 is 0. The average molecular weight is 254 g/mol. The molecule has 106 valence electrons. The second kappa shape index (κ2) is 10.4. The van der Waals surface area contributed by atoms with E-state index in [0.29, 0.717) is 0 Å². The molecule has 1 heterocycles. The number of aliphatic hydroxyl groups excluding tert-OH is 1. The minimum absolute atomic E-state index is 0.350. The van der Waals surface area contributed by atoms with E-state index < -0.39 is 0 Å². The molecule has 2 nitrogen and oxygen atoms in total. The number of hydrogen-bond donors (Lipinski definition) is 1. The summed E-state index contributed by atoms with van der Waals surface area (Å²) in [6, 6.07) is 0. The maximum atomic E-state index is 9.86. The fourth-order valence-electron chi connectivity index (χ4n) is 2.46. The van der Waals surface area contributed by atoms with Crippen LogP contribution in [0.1, 0.15) is 77.6 Å². The molecule has 0 aromatic rings. The van der Waals surface area contributed by atoms with Gasteiger partial charge in [0.25, 0.3) is 0 Å². The summed E-state index contributed by atoms with van der Waals surface area (Å²) < 4.78 is 5.36. The van der Waals surface area contributed by atoms with Gasteiger partial charge in [0.1, 0.15) is 11.9 Å². The number of ether oxygens (including phenoxy) is 1. The predicted molar refractivity (Wildman–Crippen MR) is 76.5 cm³/mol. The SMILES string of the molecule is CCCCCCCCCCCC(O)C1=CCCO1. The first-order valence-electron chi connectivity index (χ1n) is 7.85. The molecule has 0 fully saturated rings. The van der Waals surface area contributed by atoms with E-state index in [-0.39, 0.29) is 6.10 Å². The minimum Gasteiger partial charge on any atom is -0.495 e. The van der Waals surface area contributed by atoms with E-state index in [1.54, 1.807) is 0 Å². The maximum Gasteiger partial charge on any atom is 0.121 e. The topological polar surface area (TPSA) is 29.5 Å². The Morgan fingerprint density at radius 3 is 2.22 bits per heavy atom. The van der Waals surface area contributed by atoms with E-state index in [1.165, 1.54) is 51.4 Å². The Bertz CT molecular complexity index is 223. The fraction of sp³-hybridized carbons (Fsp3) is 0.875. The molecule has 0 aliphatic carbocycles. The van der Waals surface area contributed by atoms with Crippen molar-refractivity contribution in [2.24, 2.45) is 0 Å². The molecule has 1 unspecified atom stereocenters. The van der Waals surface area contributed by atoms with Crippen LogP contribution in [0.2, 0.25) is 0 Å². The van der Waals surface area contributed by atoms with Gasteiger partial charge in [0.15, 0.2) is 0 Å². The lowest BCUT2D eigenvalue weighted by molar-refractivity contribution is 0.110. The fourth-order valence-corrected chi connectivity index (χ4v) is 2.46. The second-order valence-electron chi connectivity index (χ2n) is 5.38. The standard InChI is InChI=1S/C16H30O2/c1-2-3-4-5-6-7-8-9-10-12-15(17)16-13-11-14-18-16/h13,15,17H,2-12,14H2,1H3. The molecule has 0 radical (unpaired) electrons. The van der Waals surface area contributed by atoms with Gasteiger partial charge in [-0.05, 0) is 12.5 Å². The Labute approximate surface area is 112 Å². The van der Waals surface area contributed by atoms with Crippen LogP contribution < -0.4 is 0 Å². The monoisotopic (exact) mass is 254 g/mol. The average Bonchev–Trinajstić information content (AvgIpc) is 2.90. The molecule has 0 bridgehead atoms. The number of aliphatic hydroxyl groups is 1. The first-order valence-corrected chi connectivity index (χ1v) is 7.85. The molecule has 18 heavy (non-hydrogen) atoms. The highest BCUT2D eigenvalue weighted by atomic mass is 16.5. The number of rotatable bonds is 11. The highest BCUT2D eigenvalue weighted by molar-refractivity contribution is 5.03. The Kier molecular flexibility index (Phi) is 9.01. The minimum atomic E-state index is -0.350. The van der Waals surface area contributed by atoms with Crippen LogP contribution >= 0.6 is 0 Å². The molecule has 1 aliphatic rings. The van der Waals surface area contributed by atoms with Crippen LogP contribution in [0.3, 0.4) is 0 Å². The van der Waals surface area contributed by atoms with Gasteiger partial charge in [-0.3, -0.25) is 0 Å². The predicted octanol–water partition coefficient (Wildman–Crippen LogP) is 4.57. The van der Waals surface area contributed by atoms with Crippen LogP contribution in [0.5, 0.6) is 0 Å². The summed E-state index contributed by atoms with van der Waals surface area (Å²) in [5.74, 6) is 0.814. The van der Waals surface area contributed by atoms with Crippen molar-refractivity contribution in [3.63, 3.8) is 0 Å². The first-order chi connectivity index (χ1) is 8.84. The van der Waals surface area contributed by atoms with E-state index in [0.717, 1.165) is 31.6 Å². The Hall–Kier alpha value is -0.500. The summed E-state index contributed by atoms with van der Waals surface area (Å²) in [4.78, 5) is 0. The van der Waals surface area contributed by atoms with Gasteiger partial charge in [0, 0.05) is 6.42 Å². The van der Waals surface area contributed by atoms with Crippen molar-refractivity contribution < 1.29 is 9.84 Å². The van der Waals surface area contributed by atoms with Crippen LogP contribution in [0, 0.1) is 0 Å². The third kappa shape index (κ3) is 7.05. The van der Waals surface area contributed by atoms with Gasteiger partial charge >= 0.3 is 0 Å². The van der Waals surface area contributed by atoms with E-state index in [4.69, 9.17) is 4.74 Å². The van der Waals surface area contributed by atoms with Gasteiger partial charge in [0.2, 0.25) is 0 Å². The molecule has 1 N–H and O–H groups in total. The van der Waals surface area contributed by atoms with E-state index in [1.807, 2.05) is 6.08 Å². The third-order valence-corrected chi connectivity index (χ3v) is 3.64. The zero-order valence-electron chi connectivity index (χ0n) is 12.0. The Morgan fingerprint density at radius 1 is 1.06 bits per heavy atom. The molecule has 1 rings (SSSR count). The van der Waals surface area contributed by atoms with E-state index in [2.05, 4.69) is 6.92 Å². The van der Waals surface area contributed by atoms with Gasteiger partial charge in [0.05, 0.1) is 6.61 Å². The Morgan fingerprint density at radius 2 is 1.67 bits per heavy atom. The van der Waals surface area contributed by atoms with Crippen molar-refractivity contribution in [1.29, 1.82) is 0 Å². The van der Waals surface area contributed by atoms with Crippen molar-refractivity contribution >= 4 is 0 Å². The quantitative estimate of drug-likeness (QED) is 0.547.